The van der Waals surface area contributed by atoms with Gasteiger partial charge in [-0.15, -0.1) is 5.10 Å². The number of halogens is 3. The van der Waals surface area contributed by atoms with Gasteiger partial charge in [-0.3, -0.25) is 4.68 Å². The Morgan fingerprint density at radius 2 is 1.94 bits per heavy atom. The van der Waals surface area contributed by atoms with Crippen LogP contribution in [0.2, 0.25) is 0 Å². The molecule has 0 unspecified atom stereocenters. The highest BCUT2D eigenvalue weighted by Crippen LogP contribution is 2.71. The van der Waals surface area contributed by atoms with Gasteiger partial charge in [-0.2, -0.15) is 13.2 Å². The second-order valence-electron chi connectivity index (χ2n) is 10.3. The maximum Gasteiger partial charge on any atom is 0.416 e. The molecule has 0 amide bonds. The Kier molecular flexibility index (Phi) is 4.47. The van der Waals surface area contributed by atoms with Crippen LogP contribution in [0.3, 0.4) is 0 Å². The molecule has 6 rings (SSSR count). The Hall–Kier alpha value is -2.93. The second kappa shape index (κ2) is 7.04. The Morgan fingerprint density at radius 1 is 1.18 bits per heavy atom. The molecule has 2 bridgehead atoms. The molecule has 1 N–H and O–H groups in total. The molecule has 0 saturated heterocycles. The molecule has 4 atom stereocenters. The van der Waals surface area contributed by atoms with Gasteiger partial charge in [0, 0.05) is 11.5 Å². The lowest BCUT2D eigenvalue weighted by molar-refractivity contribution is -0.137. The van der Waals surface area contributed by atoms with Crippen LogP contribution in [0.5, 0.6) is 0 Å². The topological polar surface area (TPSA) is 50.9 Å². The number of hydrogen-bond acceptors (Lipinski definition) is 3. The lowest BCUT2D eigenvalue weighted by Gasteiger charge is -2.42. The van der Waals surface area contributed by atoms with Crippen molar-refractivity contribution >= 4 is 0 Å². The molecule has 1 aromatic heterocycles. The summed E-state index contributed by atoms with van der Waals surface area (Å²) >= 11 is 0. The van der Waals surface area contributed by atoms with E-state index in [1.54, 1.807) is 4.68 Å². The smallest absolute Gasteiger partial charge is 0.386 e. The monoisotopic (exact) mass is 465 g/mol. The molecule has 2 aromatic carbocycles. The molecule has 3 aliphatic carbocycles. The molecule has 2 saturated carbocycles. The zero-order valence-corrected chi connectivity index (χ0v) is 18.9. The molecule has 1 heterocycles. The van der Waals surface area contributed by atoms with E-state index in [1.807, 2.05) is 6.20 Å². The van der Waals surface area contributed by atoms with Crippen LogP contribution in [-0.4, -0.2) is 25.7 Å². The van der Waals surface area contributed by atoms with Crippen molar-refractivity contribution in [1.29, 1.82) is 0 Å². The van der Waals surface area contributed by atoms with Crippen molar-refractivity contribution in [3.8, 4) is 11.3 Å². The standard InChI is InChI=1S/C27H26F3N3O/c1-16-4-3-5-20-21-10-11-26(34)15-25(21,12-17(26)2)22(24(16)20)13-33-14-23(31-32-33)18-6-8-19(9-7-18)27(28,29)30/h3-9,14,21-22,34H,2,10-13,15H2,1H3/t21-,22+,25+,26+/m1/s1. The van der Waals surface area contributed by atoms with Crippen LogP contribution in [0.25, 0.3) is 11.3 Å². The van der Waals surface area contributed by atoms with Crippen molar-refractivity contribution in [3.63, 3.8) is 0 Å². The van der Waals surface area contributed by atoms with E-state index in [0.717, 1.165) is 37.0 Å². The molecule has 4 nitrogen and oxygen atoms in total. The van der Waals surface area contributed by atoms with Gasteiger partial charge >= 0.3 is 6.18 Å². The van der Waals surface area contributed by atoms with Crippen LogP contribution < -0.4 is 0 Å². The number of rotatable bonds is 3. The molecule has 3 aliphatic rings. The van der Waals surface area contributed by atoms with Crippen LogP contribution in [0.4, 0.5) is 13.2 Å². The maximum absolute atomic E-state index is 12.9. The van der Waals surface area contributed by atoms with Crippen LogP contribution in [0.1, 0.15) is 59.8 Å². The molecular formula is C27H26F3N3O. The highest BCUT2D eigenvalue weighted by molar-refractivity contribution is 5.58. The van der Waals surface area contributed by atoms with E-state index in [0.29, 0.717) is 30.1 Å². The largest absolute Gasteiger partial charge is 0.416 e. The van der Waals surface area contributed by atoms with Crippen molar-refractivity contribution < 1.29 is 18.3 Å². The Balaban J connectivity index is 1.36. The minimum Gasteiger partial charge on any atom is -0.386 e. The molecule has 0 aliphatic heterocycles. The number of hydrogen-bond donors (Lipinski definition) is 1. The first-order chi connectivity index (χ1) is 16.1. The second-order valence-corrected chi connectivity index (χ2v) is 10.3. The fraction of sp³-hybridized carbons (Fsp3) is 0.407. The maximum atomic E-state index is 12.9. The van der Waals surface area contributed by atoms with Crippen LogP contribution >= 0.6 is 0 Å². The molecule has 1 spiro atoms. The molecule has 7 heteroatoms. The number of benzene rings is 2. The molecular weight excluding hydrogens is 439 g/mol. The predicted octanol–water partition coefficient (Wildman–Crippen LogP) is 6.01. The third-order valence-electron chi connectivity index (χ3n) is 8.55. The summed E-state index contributed by atoms with van der Waals surface area (Å²) in [5.41, 5.74) is 4.48. The molecule has 0 radical (unpaired) electrons. The fourth-order valence-corrected chi connectivity index (χ4v) is 7.01. The first-order valence-electron chi connectivity index (χ1n) is 11.7. The first kappa shape index (κ1) is 21.6. The van der Waals surface area contributed by atoms with Gasteiger partial charge in [0.05, 0.1) is 23.9 Å². The van der Waals surface area contributed by atoms with E-state index >= 15 is 0 Å². The number of nitrogens with zero attached hydrogens (tertiary/aromatic N) is 3. The zero-order valence-electron chi connectivity index (χ0n) is 18.9. The van der Waals surface area contributed by atoms with Crippen LogP contribution in [0.15, 0.2) is 60.8 Å². The van der Waals surface area contributed by atoms with E-state index in [2.05, 4.69) is 42.0 Å². The van der Waals surface area contributed by atoms with Gasteiger partial charge in [0.25, 0.3) is 0 Å². The van der Waals surface area contributed by atoms with Gasteiger partial charge in [-0.25, -0.2) is 0 Å². The summed E-state index contributed by atoms with van der Waals surface area (Å²) in [6.45, 7) is 7.00. The average Bonchev–Trinajstić information content (AvgIpc) is 3.41. The number of aryl methyl sites for hydroxylation is 1. The Morgan fingerprint density at radius 3 is 2.68 bits per heavy atom. The van der Waals surface area contributed by atoms with Gasteiger partial charge in [0.15, 0.2) is 0 Å². The Labute approximate surface area is 196 Å². The number of alkyl halides is 3. The summed E-state index contributed by atoms with van der Waals surface area (Å²) in [4.78, 5) is 0. The molecule has 176 valence electrons. The van der Waals surface area contributed by atoms with E-state index in [4.69, 9.17) is 0 Å². The van der Waals surface area contributed by atoms with Gasteiger partial charge in [-0.05, 0) is 78.3 Å². The highest BCUT2D eigenvalue weighted by Gasteiger charge is 2.64. The third-order valence-corrected chi connectivity index (χ3v) is 8.55. The van der Waals surface area contributed by atoms with Gasteiger partial charge in [-0.1, -0.05) is 42.1 Å². The van der Waals surface area contributed by atoms with Gasteiger partial charge < -0.3 is 5.11 Å². The minimum atomic E-state index is -4.37. The van der Waals surface area contributed by atoms with Crippen molar-refractivity contribution in [2.24, 2.45) is 5.41 Å². The lowest BCUT2D eigenvalue weighted by atomic mass is 9.63. The fourth-order valence-electron chi connectivity index (χ4n) is 7.01. The normalized spacial score (nSPS) is 29.9. The van der Waals surface area contributed by atoms with Crippen molar-refractivity contribution in [2.45, 2.75) is 62.8 Å². The summed E-state index contributed by atoms with van der Waals surface area (Å²) in [7, 11) is 0. The van der Waals surface area contributed by atoms with Crippen molar-refractivity contribution in [1.82, 2.24) is 15.0 Å². The van der Waals surface area contributed by atoms with E-state index in [-0.39, 0.29) is 11.3 Å². The number of aromatic nitrogens is 3. The SMILES string of the molecule is C=C1C[C@]23C[C@@]1(O)CC[C@@H]2c1cccc(C)c1[C@@H]3Cn1cc(-c2ccc(C(F)(F)F)cc2)nn1. The molecule has 3 aromatic rings. The average molecular weight is 466 g/mol. The zero-order chi connectivity index (χ0) is 23.9. The summed E-state index contributed by atoms with van der Waals surface area (Å²) in [5, 5.41) is 19.9. The quantitative estimate of drug-likeness (QED) is 0.482. The summed E-state index contributed by atoms with van der Waals surface area (Å²) in [6.07, 6.45) is 0.642. The summed E-state index contributed by atoms with van der Waals surface area (Å²) in [5.74, 6) is 0.534. The number of aliphatic hydroxyl groups is 1. The van der Waals surface area contributed by atoms with E-state index < -0.39 is 17.3 Å². The lowest BCUT2D eigenvalue weighted by Crippen LogP contribution is -2.39. The molecule has 34 heavy (non-hydrogen) atoms. The molecule has 2 fully saturated rings. The van der Waals surface area contributed by atoms with Gasteiger partial charge in [0.1, 0.15) is 5.69 Å². The highest BCUT2D eigenvalue weighted by atomic mass is 19.4. The van der Waals surface area contributed by atoms with Crippen LogP contribution in [-0.2, 0) is 12.7 Å². The van der Waals surface area contributed by atoms with Gasteiger partial charge in [0.2, 0.25) is 0 Å². The minimum absolute atomic E-state index is 0.0982. The third kappa shape index (κ3) is 3.02. The summed E-state index contributed by atoms with van der Waals surface area (Å²) in [6, 6.07) is 11.5. The van der Waals surface area contributed by atoms with Crippen molar-refractivity contribution in [3.05, 3.63) is 83.1 Å². The number of fused-ring (bicyclic) bond motifs is 3. The van der Waals surface area contributed by atoms with E-state index in [9.17, 15) is 18.3 Å². The Bertz CT molecular complexity index is 1300. The summed E-state index contributed by atoms with van der Waals surface area (Å²) < 4.78 is 40.5. The van der Waals surface area contributed by atoms with Crippen LogP contribution in [0, 0.1) is 12.3 Å². The van der Waals surface area contributed by atoms with Crippen molar-refractivity contribution in [2.75, 3.05) is 0 Å². The first-order valence-corrected chi connectivity index (χ1v) is 11.7. The predicted molar refractivity (Wildman–Crippen MR) is 122 cm³/mol. The van der Waals surface area contributed by atoms with E-state index in [1.165, 1.54) is 28.8 Å².